The zero-order valence-electron chi connectivity index (χ0n) is 45.7. The van der Waals surface area contributed by atoms with Gasteiger partial charge in [0.1, 0.15) is 0 Å². The lowest BCUT2D eigenvalue weighted by atomic mass is 9.80. The summed E-state index contributed by atoms with van der Waals surface area (Å²) in [5.74, 6) is 3.06. The van der Waals surface area contributed by atoms with Gasteiger partial charge in [0, 0.05) is 0 Å². The molecule has 0 amide bonds. The monoisotopic (exact) mass is 931 g/mol. The molecular weight excluding hydrogens is 848 g/mol. The maximum Gasteiger partial charge on any atom is -0.00895 e. The molecule has 0 nitrogen and oxygen atoms in total. The smallest absolute Gasteiger partial charge is 0.00895 e. The third-order valence-electron chi connectivity index (χ3n) is 14.6. The Morgan fingerprint density at radius 3 is 0.594 bits per heavy atom. The highest BCUT2D eigenvalue weighted by Crippen LogP contribution is 2.48. The van der Waals surface area contributed by atoms with E-state index in [2.05, 4.69) is 252 Å². The highest BCUT2D eigenvalue weighted by molar-refractivity contribution is 7.64. The van der Waals surface area contributed by atoms with Crippen LogP contribution in [0.15, 0.2) is 127 Å². The Morgan fingerprint density at radius 2 is 0.420 bits per heavy atom. The van der Waals surface area contributed by atoms with Crippen LogP contribution in [-0.4, -0.2) is 13.3 Å². The molecular formula is C68H83P. The molecule has 0 spiro atoms. The van der Waals surface area contributed by atoms with Crippen molar-refractivity contribution in [1.82, 2.24) is 0 Å². The first-order chi connectivity index (χ1) is 32.7. The first kappa shape index (κ1) is 51.8. The SMILES string of the molecule is CC(C)c1cccc(C(C)C)c1-c1cc(-c2cccc(-c3cc(-c4c(C(C)C)cccc4C(C)C)cc(-c4c(C(C)C)cccc4C(C)C)c3)c2P(C)C)cc(-c2c(C(C)C)cccc2C(C)C)c1. The van der Waals surface area contributed by atoms with Gasteiger partial charge in [0.05, 0.1) is 0 Å². The molecule has 0 saturated heterocycles. The Kier molecular flexibility index (Phi) is 16.2. The average molecular weight is 931 g/mol. The number of hydrogen-bond acceptors (Lipinski definition) is 0. The summed E-state index contributed by atoms with van der Waals surface area (Å²) in [7, 11) is -0.572. The number of hydrogen-bond donors (Lipinski definition) is 0. The lowest BCUT2D eigenvalue weighted by Gasteiger charge is -2.26. The van der Waals surface area contributed by atoms with Gasteiger partial charge in [0.2, 0.25) is 0 Å². The van der Waals surface area contributed by atoms with Crippen molar-refractivity contribution in [2.45, 2.75) is 158 Å². The molecule has 7 aromatic carbocycles. The van der Waals surface area contributed by atoms with E-state index in [1.165, 1.54) is 117 Å². The standard InChI is InChI=1S/C68H83P/c1-40(2)54-24-19-25-55(41(3)4)64(54)50-34-48(35-51(38-50)65-56(42(5)6)26-20-27-57(65)43(7)8)62-32-23-33-63(68(62)69(17)18)49-36-52(66-58(44(9)10)28-21-29-59(66)45(11)12)39-53(37-49)67-60(46(13)14)30-22-31-61(67)47(15)16/h19-47H,1-18H3. The number of benzene rings is 7. The molecule has 0 unspecified atom stereocenters. The van der Waals surface area contributed by atoms with Crippen LogP contribution in [0.25, 0.3) is 66.8 Å². The molecule has 69 heavy (non-hydrogen) atoms. The second-order valence-electron chi connectivity index (χ2n) is 22.7. The van der Waals surface area contributed by atoms with Crippen LogP contribution in [0.3, 0.4) is 0 Å². The van der Waals surface area contributed by atoms with Gasteiger partial charge in [-0.15, -0.1) is 0 Å². The van der Waals surface area contributed by atoms with E-state index in [1.807, 2.05) is 0 Å². The van der Waals surface area contributed by atoms with Crippen LogP contribution in [0.4, 0.5) is 0 Å². The van der Waals surface area contributed by atoms with Crippen LogP contribution in [0.5, 0.6) is 0 Å². The Bertz CT molecular complexity index is 2470. The molecule has 360 valence electrons. The minimum Gasteiger partial charge on any atom is -0.0803 e. The molecule has 0 aromatic heterocycles. The van der Waals surface area contributed by atoms with Gasteiger partial charge < -0.3 is 0 Å². The van der Waals surface area contributed by atoms with Crippen molar-refractivity contribution in [2.75, 3.05) is 13.3 Å². The van der Waals surface area contributed by atoms with Crippen molar-refractivity contribution in [1.29, 1.82) is 0 Å². The van der Waals surface area contributed by atoms with E-state index in [0.29, 0.717) is 47.3 Å². The summed E-state index contributed by atoms with van der Waals surface area (Å²) in [5, 5.41) is 1.46. The largest absolute Gasteiger partial charge is 0.0803 e. The quantitative estimate of drug-likeness (QED) is 0.0899. The molecule has 0 aliphatic heterocycles. The topological polar surface area (TPSA) is 0 Å². The van der Waals surface area contributed by atoms with Gasteiger partial charge in [0.15, 0.2) is 0 Å². The van der Waals surface area contributed by atoms with Crippen molar-refractivity contribution in [3.8, 4) is 66.8 Å². The summed E-state index contributed by atoms with van der Waals surface area (Å²) >= 11 is 0. The fourth-order valence-electron chi connectivity index (χ4n) is 11.2. The summed E-state index contributed by atoms with van der Waals surface area (Å²) < 4.78 is 0. The minimum atomic E-state index is -0.572. The summed E-state index contributed by atoms with van der Waals surface area (Å²) in [4.78, 5) is 0. The highest BCUT2D eigenvalue weighted by Gasteiger charge is 2.25. The molecule has 0 atom stereocenters. The first-order valence-corrected chi connectivity index (χ1v) is 28.6. The second kappa shape index (κ2) is 21.5. The highest BCUT2D eigenvalue weighted by atomic mass is 31.1. The molecule has 7 aromatic rings. The zero-order chi connectivity index (χ0) is 50.2. The van der Waals surface area contributed by atoms with E-state index in [0.717, 1.165) is 0 Å². The Morgan fingerprint density at radius 1 is 0.246 bits per heavy atom. The van der Waals surface area contributed by atoms with E-state index >= 15 is 0 Å². The van der Waals surface area contributed by atoms with Gasteiger partial charge in [-0.2, -0.15) is 0 Å². The molecule has 0 bridgehead atoms. The predicted octanol–water partition coefficient (Wildman–Crippen LogP) is 21.0. The molecule has 0 aliphatic rings. The summed E-state index contributed by atoms with van der Waals surface area (Å²) in [6, 6.07) is 50.6. The van der Waals surface area contributed by atoms with Crippen LogP contribution in [0, 0.1) is 0 Å². The summed E-state index contributed by atoms with van der Waals surface area (Å²) in [5.41, 5.74) is 27.5. The second-order valence-corrected chi connectivity index (χ2v) is 24.9. The average Bonchev–Trinajstić information content (AvgIpc) is 3.32. The van der Waals surface area contributed by atoms with Gasteiger partial charge >= 0.3 is 0 Å². The molecule has 0 aliphatic carbocycles. The van der Waals surface area contributed by atoms with Gasteiger partial charge in [-0.05, 0) is 214 Å². The Hall–Kier alpha value is -5.03. The van der Waals surface area contributed by atoms with Gasteiger partial charge in [-0.3, -0.25) is 0 Å². The van der Waals surface area contributed by atoms with Gasteiger partial charge in [-0.25, -0.2) is 0 Å². The Balaban J connectivity index is 1.63. The maximum atomic E-state index is 2.55. The van der Waals surface area contributed by atoms with Crippen molar-refractivity contribution >= 4 is 13.2 Å². The maximum absolute atomic E-state index is 2.55. The lowest BCUT2D eigenvalue weighted by molar-refractivity contribution is 0.836. The third-order valence-corrected chi connectivity index (χ3v) is 16.0. The lowest BCUT2D eigenvalue weighted by Crippen LogP contribution is -2.10. The molecule has 0 fully saturated rings. The molecule has 1 heteroatoms. The fraction of sp³-hybridized carbons (Fsp3) is 0.382. The van der Waals surface area contributed by atoms with Crippen molar-refractivity contribution in [3.63, 3.8) is 0 Å². The predicted molar refractivity (Wildman–Crippen MR) is 310 cm³/mol. The van der Waals surface area contributed by atoms with Crippen LogP contribution >= 0.6 is 7.92 Å². The Labute approximate surface area is 421 Å². The molecule has 0 heterocycles. The minimum absolute atomic E-state index is 0.383. The van der Waals surface area contributed by atoms with Crippen LogP contribution in [0.2, 0.25) is 0 Å². The van der Waals surface area contributed by atoms with E-state index in [4.69, 9.17) is 0 Å². The van der Waals surface area contributed by atoms with Crippen LogP contribution in [-0.2, 0) is 0 Å². The van der Waals surface area contributed by atoms with Gasteiger partial charge in [0.25, 0.3) is 0 Å². The van der Waals surface area contributed by atoms with E-state index in [1.54, 1.807) is 0 Å². The fourth-order valence-corrected chi connectivity index (χ4v) is 12.5. The summed E-state index contributed by atoms with van der Waals surface area (Å²) in [6.07, 6.45) is 0. The zero-order valence-corrected chi connectivity index (χ0v) is 46.6. The molecule has 7 rings (SSSR count). The van der Waals surface area contributed by atoms with E-state index in [9.17, 15) is 0 Å². The third kappa shape index (κ3) is 10.5. The van der Waals surface area contributed by atoms with Crippen molar-refractivity contribution < 1.29 is 0 Å². The molecule has 0 N–H and O–H groups in total. The summed E-state index contributed by atoms with van der Waals surface area (Å²) in [6.45, 7) is 42.7. The van der Waals surface area contributed by atoms with Gasteiger partial charge in [-0.1, -0.05) is 210 Å². The van der Waals surface area contributed by atoms with Crippen LogP contribution < -0.4 is 5.30 Å². The van der Waals surface area contributed by atoms with E-state index in [-0.39, 0.29) is 0 Å². The van der Waals surface area contributed by atoms with Crippen molar-refractivity contribution in [3.05, 3.63) is 172 Å². The van der Waals surface area contributed by atoms with Crippen molar-refractivity contribution in [2.24, 2.45) is 0 Å². The van der Waals surface area contributed by atoms with Crippen LogP contribution in [0.1, 0.15) is 203 Å². The first-order valence-electron chi connectivity index (χ1n) is 26.3. The van der Waals surface area contributed by atoms with E-state index < -0.39 is 7.92 Å². The molecule has 0 saturated carbocycles. The normalized spacial score (nSPS) is 12.2. The number of rotatable bonds is 15. The molecule has 0 radical (unpaired) electrons.